The first-order chi connectivity index (χ1) is 11.3. The number of hydrogen-bond acceptors (Lipinski definition) is 4. The number of pyridine rings is 1. The van der Waals surface area contributed by atoms with Crippen molar-refractivity contribution in [2.75, 3.05) is 11.6 Å². The van der Waals surface area contributed by atoms with Gasteiger partial charge in [0.2, 0.25) is 15.9 Å². The minimum atomic E-state index is -3.51. The molecule has 1 atom stereocenters. The molecule has 0 radical (unpaired) electrons. The highest BCUT2D eigenvalue weighted by atomic mass is 32.2. The summed E-state index contributed by atoms with van der Waals surface area (Å²) in [6.45, 7) is 2.03. The maximum Gasteiger partial charge on any atom is 0.244 e. The number of nitrogens with one attached hydrogen (secondary N) is 1. The molecular formula is C17H19N3O3S. The average molecular weight is 345 g/mol. The molecular weight excluding hydrogens is 326 g/mol. The highest BCUT2D eigenvalue weighted by Crippen LogP contribution is 2.26. The molecule has 1 N–H and O–H groups in total. The number of amides is 1. The summed E-state index contributed by atoms with van der Waals surface area (Å²) in [7, 11) is -3.51. The third-order valence-electron chi connectivity index (χ3n) is 4.07. The lowest BCUT2D eigenvalue weighted by Gasteiger charge is -2.34. The number of fused-ring (bicyclic) bond motifs is 1. The first-order valence-corrected chi connectivity index (χ1v) is 9.47. The number of carbonyl (C=O) groups excluding carboxylic acids is 1. The zero-order valence-corrected chi connectivity index (χ0v) is 14.4. The number of nitrogens with zero attached hydrogens (tertiary/aromatic N) is 2. The number of aryl methyl sites for hydroxylation is 1. The second-order valence-corrected chi connectivity index (χ2v) is 7.89. The summed E-state index contributed by atoms with van der Waals surface area (Å²) in [4.78, 5) is 16.9. The first-order valence-electron chi connectivity index (χ1n) is 7.63. The Hall–Kier alpha value is -2.25. The van der Waals surface area contributed by atoms with E-state index in [1.807, 2.05) is 37.3 Å². The zero-order chi connectivity index (χ0) is 17.3. The highest BCUT2D eigenvalue weighted by molar-refractivity contribution is 7.88. The highest BCUT2D eigenvalue weighted by Gasteiger charge is 2.36. The number of hydrogen-bond donors (Lipinski definition) is 1. The van der Waals surface area contributed by atoms with Crippen molar-refractivity contribution in [3.05, 3.63) is 59.3 Å². The number of rotatable bonds is 3. The quantitative estimate of drug-likeness (QED) is 0.918. The molecule has 6 nitrogen and oxygen atoms in total. The molecule has 3 rings (SSSR count). The average Bonchev–Trinajstić information content (AvgIpc) is 2.52. The van der Waals surface area contributed by atoms with E-state index < -0.39 is 16.1 Å². The van der Waals surface area contributed by atoms with Gasteiger partial charge in [-0.05, 0) is 36.6 Å². The lowest BCUT2D eigenvalue weighted by molar-refractivity contribution is -0.120. The Morgan fingerprint density at radius 2 is 1.88 bits per heavy atom. The number of sulfonamides is 1. The lowest BCUT2D eigenvalue weighted by atomic mass is 9.95. The Bertz CT molecular complexity index is 880. The Morgan fingerprint density at radius 1 is 1.17 bits per heavy atom. The van der Waals surface area contributed by atoms with Gasteiger partial charge >= 0.3 is 0 Å². The second kappa shape index (κ2) is 6.33. The molecule has 1 aromatic carbocycles. The smallest absolute Gasteiger partial charge is 0.244 e. The third-order valence-corrected chi connectivity index (χ3v) is 5.31. The van der Waals surface area contributed by atoms with Gasteiger partial charge in [0.15, 0.2) is 0 Å². The van der Waals surface area contributed by atoms with Crippen LogP contribution in [0.25, 0.3) is 0 Å². The number of aromatic nitrogens is 1. The molecule has 7 heteroatoms. The summed E-state index contributed by atoms with van der Waals surface area (Å²) in [5.74, 6) is 0.0559. The van der Waals surface area contributed by atoms with Gasteiger partial charge < -0.3 is 5.32 Å². The van der Waals surface area contributed by atoms with Crippen LogP contribution in [0.3, 0.4) is 0 Å². The van der Waals surface area contributed by atoms with E-state index >= 15 is 0 Å². The van der Waals surface area contributed by atoms with Gasteiger partial charge in [-0.3, -0.25) is 4.79 Å². The van der Waals surface area contributed by atoms with E-state index in [1.54, 1.807) is 12.1 Å². The predicted molar refractivity (Wildman–Crippen MR) is 91.9 cm³/mol. The number of benzene rings is 1. The summed E-state index contributed by atoms with van der Waals surface area (Å²) in [5, 5.41) is 2.73. The Labute approximate surface area is 141 Å². The number of carbonyl (C=O) groups is 1. The van der Waals surface area contributed by atoms with Gasteiger partial charge in [-0.25, -0.2) is 13.4 Å². The van der Waals surface area contributed by atoms with E-state index in [4.69, 9.17) is 0 Å². The molecule has 24 heavy (non-hydrogen) atoms. The Kier molecular flexibility index (Phi) is 4.38. The van der Waals surface area contributed by atoms with E-state index in [1.165, 1.54) is 4.31 Å². The fourth-order valence-electron chi connectivity index (χ4n) is 2.89. The van der Waals surface area contributed by atoms with Gasteiger partial charge in [-0.2, -0.15) is 4.31 Å². The molecule has 1 amide bonds. The molecule has 1 aliphatic rings. The summed E-state index contributed by atoms with van der Waals surface area (Å²) in [6, 6.07) is 12.1. The van der Waals surface area contributed by atoms with Crippen LogP contribution in [-0.2, 0) is 27.8 Å². The topological polar surface area (TPSA) is 79.4 Å². The van der Waals surface area contributed by atoms with Crippen LogP contribution in [-0.4, -0.2) is 35.9 Å². The van der Waals surface area contributed by atoms with Crippen molar-refractivity contribution in [2.45, 2.75) is 25.9 Å². The maximum atomic E-state index is 12.7. The van der Waals surface area contributed by atoms with Crippen molar-refractivity contribution in [1.29, 1.82) is 0 Å². The molecule has 1 unspecified atom stereocenters. The molecule has 1 aliphatic heterocycles. The normalized spacial score (nSPS) is 18.0. The lowest BCUT2D eigenvalue weighted by Crippen LogP contribution is -2.50. The van der Waals surface area contributed by atoms with Crippen LogP contribution in [0, 0.1) is 6.92 Å². The monoisotopic (exact) mass is 345 g/mol. The van der Waals surface area contributed by atoms with E-state index in [0.717, 1.165) is 23.1 Å². The molecule has 0 bridgehead atoms. The van der Waals surface area contributed by atoms with Crippen molar-refractivity contribution in [1.82, 2.24) is 9.29 Å². The molecule has 0 saturated heterocycles. The van der Waals surface area contributed by atoms with Crippen LogP contribution >= 0.6 is 0 Å². The van der Waals surface area contributed by atoms with Crippen LogP contribution in [0.4, 0.5) is 5.82 Å². The summed E-state index contributed by atoms with van der Waals surface area (Å²) >= 11 is 0. The van der Waals surface area contributed by atoms with Gasteiger partial charge in [0, 0.05) is 12.2 Å². The molecule has 2 heterocycles. The van der Waals surface area contributed by atoms with Crippen molar-refractivity contribution < 1.29 is 13.2 Å². The summed E-state index contributed by atoms with van der Waals surface area (Å²) in [6.07, 6.45) is 1.48. The molecule has 0 spiro atoms. The molecule has 0 fully saturated rings. The Balaban J connectivity index is 1.90. The minimum absolute atomic E-state index is 0.203. The van der Waals surface area contributed by atoms with Gasteiger partial charge in [0.05, 0.1) is 6.26 Å². The van der Waals surface area contributed by atoms with Crippen LogP contribution < -0.4 is 5.32 Å². The SMILES string of the molecule is Cc1cccc(NC(=O)C2Cc3ccccc3CN2S(C)(=O)=O)n1. The van der Waals surface area contributed by atoms with Crippen LogP contribution in [0.1, 0.15) is 16.8 Å². The summed E-state index contributed by atoms with van der Waals surface area (Å²) in [5.41, 5.74) is 2.71. The predicted octanol–water partition coefficient (Wildman–Crippen LogP) is 1.72. The molecule has 1 aromatic heterocycles. The standard InChI is InChI=1S/C17H19N3O3S/c1-12-6-5-9-16(18-12)19-17(21)15-10-13-7-3-4-8-14(13)11-20(15)24(2,22)23/h3-9,15H,10-11H2,1-2H3,(H,18,19,21). The van der Waals surface area contributed by atoms with E-state index in [2.05, 4.69) is 10.3 Å². The van der Waals surface area contributed by atoms with Crippen molar-refractivity contribution in [3.8, 4) is 0 Å². The van der Waals surface area contributed by atoms with E-state index in [9.17, 15) is 13.2 Å². The van der Waals surface area contributed by atoms with Crippen molar-refractivity contribution in [2.24, 2.45) is 0 Å². The minimum Gasteiger partial charge on any atom is -0.309 e. The Morgan fingerprint density at radius 3 is 2.54 bits per heavy atom. The van der Waals surface area contributed by atoms with Gasteiger partial charge in [-0.15, -0.1) is 0 Å². The van der Waals surface area contributed by atoms with E-state index in [-0.39, 0.29) is 12.5 Å². The first kappa shape index (κ1) is 16.6. The zero-order valence-electron chi connectivity index (χ0n) is 13.6. The number of anilines is 1. The van der Waals surface area contributed by atoms with Crippen LogP contribution in [0.2, 0.25) is 0 Å². The second-order valence-electron chi connectivity index (χ2n) is 5.95. The fraction of sp³-hybridized carbons (Fsp3) is 0.294. The fourth-order valence-corrected chi connectivity index (χ4v) is 3.90. The van der Waals surface area contributed by atoms with Crippen LogP contribution in [0.5, 0.6) is 0 Å². The molecule has 126 valence electrons. The van der Waals surface area contributed by atoms with Gasteiger partial charge in [0.25, 0.3) is 0 Å². The van der Waals surface area contributed by atoms with Crippen LogP contribution in [0.15, 0.2) is 42.5 Å². The van der Waals surface area contributed by atoms with Gasteiger partial charge in [0.1, 0.15) is 11.9 Å². The van der Waals surface area contributed by atoms with Crippen molar-refractivity contribution in [3.63, 3.8) is 0 Å². The van der Waals surface area contributed by atoms with Gasteiger partial charge in [-0.1, -0.05) is 30.3 Å². The van der Waals surface area contributed by atoms with E-state index in [0.29, 0.717) is 12.2 Å². The maximum absolute atomic E-state index is 12.7. The van der Waals surface area contributed by atoms with Crippen molar-refractivity contribution >= 4 is 21.7 Å². The molecule has 0 aliphatic carbocycles. The third kappa shape index (κ3) is 3.47. The molecule has 0 saturated carbocycles. The molecule has 2 aromatic rings. The summed E-state index contributed by atoms with van der Waals surface area (Å²) < 4.78 is 25.5. The largest absolute Gasteiger partial charge is 0.309 e.